The predicted octanol–water partition coefficient (Wildman–Crippen LogP) is 4.04. The van der Waals surface area contributed by atoms with Gasteiger partial charge < -0.3 is 0 Å². The van der Waals surface area contributed by atoms with Gasteiger partial charge in [-0.25, -0.2) is 4.68 Å². The molecule has 1 aromatic heterocycles. The second-order valence-corrected chi connectivity index (χ2v) is 6.02. The van der Waals surface area contributed by atoms with Gasteiger partial charge in [-0.1, -0.05) is 24.4 Å². The summed E-state index contributed by atoms with van der Waals surface area (Å²) in [5.41, 5.74) is 1.57. The van der Waals surface area contributed by atoms with Gasteiger partial charge in [-0.15, -0.1) is 0 Å². The van der Waals surface area contributed by atoms with Gasteiger partial charge >= 0.3 is 0 Å². The summed E-state index contributed by atoms with van der Waals surface area (Å²) in [4.78, 5) is 0. The Morgan fingerprint density at radius 1 is 1.33 bits per heavy atom. The van der Waals surface area contributed by atoms with Crippen molar-refractivity contribution >= 4 is 11.6 Å². The van der Waals surface area contributed by atoms with Crippen molar-refractivity contribution in [2.75, 3.05) is 0 Å². The summed E-state index contributed by atoms with van der Waals surface area (Å²) in [5.74, 6) is 1.15. The Morgan fingerprint density at radius 3 is 2.56 bits per heavy atom. The van der Waals surface area contributed by atoms with Gasteiger partial charge in [0.25, 0.3) is 0 Å². The first-order valence-corrected chi connectivity index (χ1v) is 7.28. The van der Waals surface area contributed by atoms with Crippen molar-refractivity contribution in [1.82, 2.24) is 9.78 Å². The summed E-state index contributed by atoms with van der Waals surface area (Å²) < 4.78 is 1.89. The number of hydrogen-bond donors (Lipinski definition) is 0. The molecule has 2 saturated carbocycles. The molecule has 2 aliphatic rings. The van der Waals surface area contributed by atoms with Crippen molar-refractivity contribution < 1.29 is 0 Å². The third kappa shape index (κ3) is 1.93. The molecule has 2 fully saturated rings. The van der Waals surface area contributed by atoms with Crippen LogP contribution in [0.15, 0.2) is 0 Å². The Balaban J connectivity index is 1.98. The second-order valence-electron chi connectivity index (χ2n) is 5.67. The molecule has 0 amide bonds. The standard InChI is InChI=1S/C14H18ClN3/c1-9(10-6-7-10)18-14(15)12(8-16)13(17-18)11-4-2-3-5-11/h9-11H,2-7H2,1H3. The summed E-state index contributed by atoms with van der Waals surface area (Å²) >= 11 is 6.35. The van der Waals surface area contributed by atoms with Gasteiger partial charge in [0, 0.05) is 5.92 Å². The van der Waals surface area contributed by atoms with E-state index >= 15 is 0 Å². The zero-order valence-electron chi connectivity index (χ0n) is 10.7. The van der Waals surface area contributed by atoms with Crippen LogP contribution in [0, 0.1) is 17.2 Å². The maximum atomic E-state index is 9.32. The van der Waals surface area contributed by atoms with Crippen molar-refractivity contribution in [3.8, 4) is 6.07 Å². The molecule has 3 nitrogen and oxygen atoms in total. The Morgan fingerprint density at radius 2 is 2.00 bits per heavy atom. The van der Waals surface area contributed by atoms with E-state index in [1.165, 1.54) is 25.7 Å². The molecule has 0 aliphatic heterocycles. The van der Waals surface area contributed by atoms with E-state index in [4.69, 9.17) is 11.6 Å². The van der Waals surface area contributed by atoms with E-state index in [0.717, 1.165) is 18.5 Å². The predicted molar refractivity (Wildman–Crippen MR) is 70.6 cm³/mol. The van der Waals surface area contributed by atoms with E-state index in [0.29, 0.717) is 28.6 Å². The molecule has 0 N–H and O–H groups in total. The average molecular weight is 264 g/mol. The maximum Gasteiger partial charge on any atom is 0.145 e. The van der Waals surface area contributed by atoms with E-state index in [9.17, 15) is 5.26 Å². The summed E-state index contributed by atoms with van der Waals surface area (Å²) in [6.07, 6.45) is 7.33. The Hall–Kier alpha value is -1.01. The molecule has 1 atom stereocenters. The quantitative estimate of drug-likeness (QED) is 0.826. The van der Waals surface area contributed by atoms with E-state index in [1.807, 2.05) is 4.68 Å². The zero-order valence-corrected chi connectivity index (χ0v) is 11.5. The highest BCUT2D eigenvalue weighted by molar-refractivity contribution is 6.30. The number of nitriles is 1. The maximum absolute atomic E-state index is 9.32. The van der Waals surface area contributed by atoms with Gasteiger partial charge in [-0.2, -0.15) is 10.4 Å². The lowest BCUT2D eigenvalue weighted by Crippen LogP contribution is -2.09. The lowest BCUT2D eigenvalue weighted by Gasteiger charge is -2.12. The van der Waals surface area contributed by atoms with Gasteiger partial charge in [-0.3, -0.25) is 0 Å². The van der Waals surface area contributed by atoms with Crippen LogP contribution in [0.1, 0.15) is 68.7 Å². The van der Waals surface area contributed by atoms with Gasteiger partial charge in [0.05, 0.1) is 11.7 Å². The minimum atomic E-state index is 0.333. The molecule has 0 radical (unpaired) electrons. The Labute approximate surface area is 113 Å². The molecular formula is C14H18ClN3. The molecule has 1 unspecified atom stereocenters. The topological polar surface area (TPSA) is 41.6 Å². The lowest BCUT2D eigenvalue weighted by molar-refractivity contribution is 0.434. The van der Waals surface area contributed by atoms with Crippen LogP contribution in [0.3, 0.4) is 0 Å². The van der Waals surface area contributed by atoms with Crippen molar-refractivity contribution in [2.24, 2.45) is 5.92 Å². The van der Waals surface area contributed by atoms with Crippen LogP contribution in [0.4, 0.5) is 0 Å². The van der Waals surface area contributed by atoms with Crippen LogP contribution in [-0.2, 0) is 0 Å². The van der Waals surface area contributed by atoms with E-state index < -0.39 is 0 Å². The highest BCUT2D eigenvalue weighted by atomic mass is 35.5. The third-order valence-electron chi connectivity index (χ3n) is 4.42. The first-order chi connectivity index (χ1) is 8.72. The van der Waals surface area contributed by atoms with Gasteiger partial charge in [0.15, 0.2) is 0 Å². The molecule has 4 heteroatoms. The molecule has 18 heavy (non-hydrogen) atoms. The van der Waals surface area contributed by atoms with Crippen LogP contribution in [0.5, 0.6) is 0 Å². The normalized spacial score (nSPS) is 22.1. The van der Waals surface area contributed by atoms with Crippen molar-refractivity contribution in [3.05, 3.63) is 16.4 Å². The van der Waals surface area contributed by atoms with Crippen LogP contribution in [-0.4, -0.2) is 9.78 Å². The van der Waals surface area contributed by atoms with Gasteiger partial charge in [0.2, 0.25) is 0 Å². The smallest absolute Gasteiger partial charge is 0.145 e. The summed E-state index contributed by atoms with van der Waals surface area (Å²) in [7, 11) is 0. The fourth-order valence-electron chi connectivity index (χ4n) is 3.07. The van der Waals surface area contributed by atoms with Gasteiger partial charge in [-0.05, 0) is 38.5 Å². The van der Waals surface area contributed by atoms with E-state index in [1.54, 1.807) is 0 Å². The largest absolute Gasteiger partial charge is 0.249 e. The van der Waals surface area contributed by atoms with Crippen LogP contribution < -0.4 is 0 Å². The zero-order chi connectivity index (χ0) is 12.7. The summed E-state index contributed by atoms with van der Waals surface area (Å²) in [6, 6.07) is 2.59. The summed E-state index contributed by atoms with van der Waals surface area (Å²) in [5, 5.41) is 14.6. The lowest BCUT2D eigenvalue weighted by atomic mass is 10.0. The van der Waals surface area contributed by atoms with E-state index in [-0.39, 0.29) is 0 Å². The molecule has 0 saturated heterocycles. The first-order valence-electron chi connectivity index (χ1n) is 6.90. The molecule has 0 aromatic carbocycles. The molecule has 0 bridgehead atoms. The minimum absolute atomic E-state index is 0.333. The molecular weight excluding hydrogens is 246 g/mol. The van der Waals surface area contributed by atoms with Crippen molar-refractivity contribution in [3.63, 3.8) is 0 Å². The number of hydrogen-bond acceptors (Lipinski definition) is 2. The molecule has 96 valence electrons. The number of halogens is 1. The van der Waals surface area contributed by atoms with Crippen molar-refractivity contribution in [2.45, 2.75) is 57.4 Å². The van der Waals surface area contributed by atoms with Crippen molar-refractivity contribution in [1.29, 1.82) is 5.26 Å². The molecule has 1 heterocycles. The summed E-state index contributed by atoms with van der Waals surface area (Å²) in [6.45, 7) is 2.16. The van der Waals surface area contributed by atoms with Crippen LogP contribution >= 0.6 is 11.6 Å². The third-order valence-corrected chi connectivity index (χ3v) is 4.78. The van der Waals surface area contributed by atoms with Crippen LogP contribution in [0.2, 0.25) is 5.15 Å². The molecule has 0 spiro atoms. The Bertz CT molecular complexity index is 490. The van der Waals surface area contributed by atoms with Gasteiger partial charge in [0.1, 0.15) is 16.8 Å². The monoisotopic (exact) mass is 263 g/mol. The fourth-order valence-corrected chi connectivity index (χ4v) is 3.40. The minimum Gasteiger partial charge on any atom is -0.249 e. The fraction of sp³-hybridized carbons (Fsp3) is 0.714. The number of aromatic nitrogens is 2. The Kier molecular flexibility index (Phi) is 3.07. The highest BCUT2D eigenvalue weighted by Crippen LogP contribution is 2.43. The SMILES string of the molecule is CC(C1CC1)n1nc(C2CCCC2)c(C#N)c1Cl. The first kappa shape index (κ1) is 12.0. The molecule has 3 rings (SSSR count). The number of nitrogens with zero attached hydrogens (tertiary/aromatic N) is 3. The second kappa shape index (κ2) is 4.59. The molecule has 1 aromatic rings. The number of rotatable bonds is 3. The van der Waals surface area contributed by atoms with E-state index in [2.05, 4.69) is 18.1 Å². The average Bonchev–Trinajstić information content (AvgIpc) is 2.97. The highest BCUT2D eigenvalue weighted by Gasteiger charge is 2.33. The molecule has 2 aliphatic carbocycles. The van der Waals surface area contributed by atoms with Crippen LogP contribution in [0.25, 0.3) is 0 Å².